The molecule has 0 aliphatic carbocycles. The van der Waals surface area contributed by atoms with E-state index in [1.165, 1.54) is 16.7 Å². The topological polar surface area (TPSA) is 70.0 Å². The summed E-state index contributed by atoms with van der Waals surface area (Å²) >= 11 is 0. The number of nitrogens with zero attached hydrogens (tertiary/aromatic N) is 3. The zero-order valence-electron chi connectivity index (χ0n) is 16.4. The maximum absolute atomic E-state index is 8.33. The second-order valence-electron chi connectivity index (χ2n) is 6.66. The molecular formula is C24H24N4O. The fraction of sp³-hybridized carbons (Fsp3) is 0.167. The molecule has 0 spiro atoms. The van der Waals surface area contributed by atoms with E-state index in [9.17, 15) is 0 Å². The molecule has 3 rings (SSSR count). The maximum atomic E-state index is 8.33. The molecule has 5 nitrogen and oxygen atoms in total. The van der Waals surface area contributed by atoms with Gasteiger partial charge in [-0.2, -0.15) is 0 Å². The number of benzene rings is 3. The van der Waals surface area contributed by atoms with Crippen LogP contribution in [0.1, 0.15) is 35.2 Å². The van der Waals surface area contributed by atoms with Crippen LogP contribution in [-0.4, -0.2) is 6.73 Å². The summed E-state index contributed by atoms with van der Waals surface area (Å²) in [5.74, 6) is 0.693. The first-order valence-electron chi connectivity index (χ1n) is 9.53. The molecule has 0 unspecified atom stereocenters. The number of nitrogens with one attached hydrogen (secondary N) is 1. The average Bonchev–Trinajstić information content (AvgIpc) is 2.78. The molecule has 0 fully saturated rings. The van der Waals surface area contributed by atoms with Gasteiger partial charge in [-0.1, -0.05) is 84.0 Å². The van der Waals surface area contributed by atoms with Gasteiger partial charge in [-0.25, -0.2) is 0 Å². The zero-order chi connectivity index (χ0) is 20.3. The van der Waals surface area contributed by atoms with E-state index in [1.807, 2.05) is 36.4 Å². The summed E-state index contributed by atoms with van der Waals surface area (Å²) in [6.07, 6.45) is 4.24. The first kappa shape index (κ1) is 20.2. The lowest BCUT2D eigenvalue weighted by Crippen LogP contribution is -2.18. The van der Waals surface area contributed by atoms with Crippen molar-refractivity contribution < 1.29 is 4.74 Å². The van der Waals surface area contributed by atoms with Gasteiger partial charge in [-0.3, -0.25) is 0 Å². The standard InChI is InChI=1S/C24H24N4O/c1-19(23-8-5-9-24(16-23)29-18-27-28-25)26-17-22-14-12-21(13-15-22)11-10-20-6-3-2-4-7-20/h2-16,19,26H,17-18H2,1H3/b11-10+/t19-/m0/s1. The summed E-state index contributed by atoms with van der Waals surface area (Å²) in [6.45, 7) is 2.88. The third kappa shape index (κ3) is 6.54. The van der Waals surface area contributed by atoms with Gasteiger partial charge in [0.05, 0.1) is 0 Å². The predicted octanol–water partition coefficient (Wildman–Crippen LogP) is 6.35. The van der Waals surface area contributed by atoms with Crippen molar-refractivity contribution in [3.05, 3.63) is 112 Å². The fourth-order valence-corrected chi connectivity index (χ4v) is 2.89. The van der Waals surface area contributed by atoms with Crippen LogP contribution >= 0.6 is 0 Å². The van der Waals surface area contributed by atoms with Gasteiger partial charge < -0.3 is 10.1 Å². The molecule has 0 amide bonds. The smallest absolute Gasteiger partial charge is 0.167 e. The molecule has 146 valence electrons. The Balaban J connectivity index is 1.53. The van der Waals surface area contributed by atoms with Gasteiger partial charge in [0.15, 0.2) is 6.73 Å². The van der Waals surface area contributed by atoms with Crippen LogP contribution in [0, 0.1) is 0 Å². The van der Waals surface area contributed by atoms with Crippen LogP contribution in [0.25, 0.3) is 22.6 Å². The lowest BCUT2D eigenvalue weighted by molar-refractivity contribution is 0.328. The van der Waals surface area contributed by atoms with Crippen molar-refractivity contribution in [1.82, 2.24) is 5.32 Å². The van der Waals surface area contributed by atoms with Crippen molar-refractivity contribution in [1.29, 1.82) is 0 Å². The molecule has 29 heavy (non-hydrogen) atoms. The van der Waals surface area contributed by atoms with Crippen LogP contribution in [0.2, 0.25) is 0 Å². The number of azide groups is 1. The minimum atomic E-state index is -0.00711. The molecule has 1 atom stereocenters. The van der Waals surface area contributed by atoms with Crippen LogP contribution in [0.15, 0.2) is 84.0 Å². The highest BCUT2D eigenvalue weighted by atomic mass is 16.5. The van der Waals surface area contributed by atoms with Gasteiger partial charge in [0, 0.05) is 17.5 Å². The molecule has 3 aromatic rings. The van der Waals surface area contributed by atoms with Gasteiger partial charge in [0.25, 0.3) is 0 Å². The van der Waals surface area contributed by atoms with Crippen LogP contribution in [0.3, 0.4) is 0 Å². The molecule has 0 radical (unpaired) electrons. The summed E-state index contributed by atoms with van der Waals surface area (Å²) < 4.78 is 5.41. The van der Waals surface area contributed by atoms with Gasteiger partial charge in [0.2, 0.25) is 0 Å². The third-order valence-corrected chi connectivity index (χ3v) is 4.57. The third-order valence-electron chi connectivity index (χ3n) is 4.57. The quantitative estimate of drug-likeness (QED) is 0.202. The van der Waals surface area contributed by atoms with Crippen molar-refractivity contribution in [3.63, 3.8) is 0 Å². The molecule has 3 aromatic carbocycles. The lowest BCUT2D eigenvalue weighted by atomic mass is 10.1. The number of rotatable bonds is 9. The van der Waals surface area contributed by atoms with E-state index < -0.39 is 0 Å². The molecular weight excluding hydrogens is 360 g/mol. The molecule has 0 heterocycles. The van der Waals surface area contributed by atoms with Crippen molar-refractivity contribution in [3.8, 4) is 5.75 Å². The Labute approximate surface area is 171 Å². The van der Waals surface area contributed by atoms with Crippen LogP contribution in [-0.2, 0) is 6.54 Å². The largest absolute Gasteiger partial charge is 0.488 e. The first-order valence-corrected chi connectivity index (χ1v) is 9.53. The van der Waals surface area contributed by atoms with Gasteiger partial charge >= 0.3 is 0 Å². The Bertz CT molecular complexity index is 977. The predicted molar refractivity (Wildman–Crippen MR) is 118 cm³/mol. The Morgan fingerprint density at radius 2 is 1.69 bits per heavy atom. The Morgan fingerprint density at radius 3 is 2.41 bits per heavy atom. The summed E-state index contributed by atoms with van der Waals surface area (Å²) in [7, 11) is 0. The van der Waals surface area contributed by atoms with Crippen molar-refractivity contribution in [2.45, 2.75) is 19.5 Å². The van der Waals surface area contributed by atoms with Crippen LogP contribution < -0.4 is 10.1 Å². The average molecular weight is 384 g/mol. The van der Waals surface area contributed by atoms with Gasteiger partial charge in [0.1, 0.15) is 5.75 Å². The second kappa shape index (κ2) is 10.7. The van der Waals surface area contributed by atoms with Crippen LogP contribution in [0.5, 0.6) is 5.75 Å². The van der Waals surface area contributed by atoms with E-state index in [-0.39, 0.29) is 12.8 Å². The van der Waals surface area contributed by atoms with Gasteiger partial charge in [-0.05, 0) is 46.8 Å². The minimum absolute atomic E-state index is 0.00711. The molecule has 1 N–H and O–H groups in total. The van der Waals surface area contributed by atoms with Crippen molar-refractivity contribution in [2.75, 3.05) is 6.73 Å². The van der Waals surface area contributed by atoms with E-state index in [4.69, 9.17) is 10.3 Å². The summed E-state index contributed by atoms with van der Waals surface area (Å²) in [5.41, 5.74) is 13.0. The van der Waals surface area contributed by atoms with Crippen molar-refractivity contribution >= 4 is 12.2 Å². The molecule has 0 saturated heterocycles. The van der Waals surface area contributed by atoms with E-state index in [0.29, 0.717) is 5.75 Å². The highest BCUT2D eigenvalue weighted by molar-refractivity contribution is 5.69. The monoisotopic (exact) mass is 384 g/mol. The minimum Gasteiger partial charge on any atom is -0.488 e. The number of hydrogen-bond donors (Lipinski definition) is 1. The number of hydrogen-bond acceptors (Lipinski definition) is 3. The van der Waals surface area contributed by atoms with E-state index in [1.54, 1.807) is 0 Å². The SMILES string of the molecule is C[C@H](NCc1ccc(/C=C/c2ccccc2)cc1)c1cccc(OCN=[N+]=[N-])c1. The molecule has 0 aliphatic rings. The van der Waals surface area contributed by atoms with Crippen LogP contribution in [0.4, 0.5) is 0 Å². The molecule has 5 heteroatoms. The Morgan fingerprint density at radius 1 is 0.966 bits per heavy atom. The summed E-state index contributed by atoms with van der Waals surface area (Å²) in [4.78, 5) is 2.69. The zero-order valence-corrected chi connectivity index (χ0v) is 16.4. The normalized spacial score (nSPS) is 11.8. The van der Waals surface area contributed by atoms with Gasteiger partial charge in [-0.15, -0.1) is 0 Å². The number of ether oxygens (including phenoxy) is 1. The molecule has 0 bridgehead atoms. The summed E-state index contributed by atoms with van der Waals surface area (Å²) in [5, 5.41) is 6.92. The van der Waals surface area contributed by atoms with Crippen molar-refractivity contribution in [2.24, 2.45) is 5.11 Å². The second-order valence-corrected chi connectivity index (χ2v) is 6.66. The van der Waals surface area contributed by atoms with E-state index in [0.717, 1.165) is 12.1 Å². The fourth-order valence-electron chi connectivity index (χ4n) is 2.89. The highest BCUT2D eigenvalue weighted by Crippen LogP contribution is 2.20. The first-order chi connectivity index (χ1) is 14.2. The Kier molecular flexibility index (Phi) is 7.47. The maximum Gasteiger partial charge on any atom is 0.167 e. The van der Waals surface area contributed by atoms with E-state index in [2.05, 4.69) is 76.9 Å². The Hall–Kier alpha value is -3.53. The molecule has 0 saturated carbocycles. The highest BCUT2D eigenvalue weighted by Gasteiger charge is 2.06. The lowest BCUT2D eigenvalue weighted by Gasteiger charge is -2.15. The summed E-state index contributed by atoms with van der Waals surface area (Å²) in [6, 6.07) is 26.8. The molecule has 0 aromatic heterocycles. The van der Waals surface area contributed by atoms with E-state index >= 15 is 0 Å². The molecule has 0 aliphatic heterocycles.